The molecule has 1 rings (SSSR count). The van der Waals surface area contributed by atoms with Crippen LogP contribution in [0.5, 0.6) is 0 Å². The minimum absolute atomic E-state index is 0.186. The fraction of sp³-hybridized carbons (Fsp3) is 0.688. The highest BCUT2D eigenvalue weighted by atomic mass is 19.4. The molecule has 0 bridgehead atoms. The molecule has 1 heterocycles. The highest BCUT2D eigenvalue weighted by Gasteiger charge is 2.71. The van der Waals surface area contributed by atoms with E-state index in [1.165, 1.54) is 20.8 Å². The lowest BCUT2D eigenvalue weighted by Gasteiger charge is -2.34. The lowest BCUT2D eigenvalue weighted by Crippen LogP contribution is -2.66. The minimum Gasteiger partial charge on any atom is -0.466 e. The predicted octanol–water partition coefficient (Wildman–Crippen LogP) is 2.15. The van der Waals surface area contributed by atoms with Crippen LogP contribution in [0.25, 0.3) is 0 Å². The zero-order valence-corrected chi connectivity index (χ0v) is 15.1. The molecule has 2 amide bonds. The van der Waals surface area contributed by atoms with E-state index in [0.29, 0.717) is 0 Å². The largest absolute Gasteiger partial charge is 0.466 e. The van der Waals surface area contributed by atoms with Crippen LogP contribution in [0.3, 0.4) is 0 Å². The van der Waals surface area contributed by atoms with E-state index in [2.05, 4.69) is 4.74 Å². The van der Waals surface area contributed by atoms with E-state index in [4.69, 9.17) is 0 Å². The van der Waals surface area contributed by atoms with Crippen LogP contribution >= 0.6 is 0 Å². The summed E-state index contributed by atoms with van der Waals surface area (Å²) in [5, 5.41) is 1.78. The molecule has 9 heteroatoms. The number of rotatable bonds is 5. The lowest BCUT2D eigenvalue weighted by molar-refractivity contribution is -0.196. The number of hydrogen-bond acceptors (Lipinski definition) is 4. The predicted molar refractivity (Wildman–Crippen MR) is 83.1 cm³/mol. The molecule has 1 atom stereocenters. The number of nitrogens with one attached hydrogen (secondary N) is 1. The molecular formula is C16H23F3N2O4. The number of amides is 2. The Balaban J connectivity index is 3.64. The second-order valence-corrected chi connectivity index (χ2v) is 6.61. The maximum Gasteiger partial charge on any atom is 0.425 e. The maximum atomic E-state index is 14.0. The monoisotopic (exact) mass is 364 g/mol. The summed E-state index contributed by atoms with van der Waals surface area (Å²) in [4.78, 5) is 37.8. The molecule has 142 valence electrons. The molecule has 0 saturated heterocycles. The van der Waals surface area contributed by atoms with Crippen molar-refractivity contribution in [2.24, 2.45) is 5.92 Å². The van der Waals surface area contributed by atoms with Gasteiger partial charge in [0.05, 0.1) is 7.11 Å². The van der Waals surface area contributed by atoms with E-state index in [0.717, 1.165) is 12.0 Å². The number of carbonyl (C=O) groups is 3. The second-order valence-electron chi connectivity index (χ2n) is 6.61. The fourth-order valence-electron chi connectivity index (χ4n) is 2.94. The molecule has 0 unspecified atom stereocenters. The van der Waals surface area contributed by atoms with Crippen LogP contribution in [0.2, 0.25) is 0 Å². The smallest absolute Gasteiger partial charge is 0.425 e. The van der Waals surface area contributed by atoms with E-state index in [1.807, 2.05) is 0 Å². The number of hydrogen-bond donors (Lipinski definition) is 1. The Kier molecular flexibility index (Phi) is 5.92. The summed E-state index contributed by atoms with van der Waals surface area (Å²) in [6.07, 6.45) is -5.44. The first-order chi connectivity index (χ1) is 11.3. The summed E-state index contributed by atoms with van der Waals surface area (Å²) in [6.45, 7) is 7.56. The van der Waals surface area contributed by atoms with Crippen molar-refractivity contribution in [3.05, 3.63) is 11.3 Å². The van der Waals surface area contributed by atoms with Crippen LogP contribution in [0.4, 0.5) is 13.2 Å². The zero-order valence-electron chi connectivity index (χ0n) is 15.1. The molecule has 0 radical (unpaired) electrons. The third-order valence-corrected chi connectivity index (χ3v) is 3.89. The zero-order chi connectivity index (χ0) is 19.7. The van der Waals surface area contributed by atoms with Crippen LogP contribution < -0.4 is 5.32 Å². The molecule has 1 aliphatic rings. The number of esters is 1. The van der Waals surface area contributed by atoms with Crippen molar-refractivity contribution in [1.29, 1.82) is 0 Å². The molecule has 25 heavy (non-hydrogen) atoms. The average molecular weight is 364 g/mol. The second kappa shape index (κ2) is 7.05. The number of alkyl halides is 3. The Hall–Kier alpha value is -2.06. The summed E-state index contributed by atoms with van der Waals surface area (Å²) in [6, 6.07) is -0.640. The van der Waals surface area contributed by atoms with Gasteiger partial charge in [-0.3, -0.25) is 9.59 Å². The number of carbonyl (C=O) groups excluding carboxylic acids is 3. The van der Waals surface area contributed by atoms with E-state index in [1.54, 1.807) is 19.2 Å². The SMILES string of the molecule is COC(=O)C1=C(C)N(C(C)C)C(=O)[C@@]1(NC(=O)CC(C)C)C(F)(F)F. The van der Waals surface area contributed by atoms with Crippen LogP contribution in [-0.4, -0.2) is 47.6 Å². The summed E-state index contributed by atoms with van der Waals surface area (Å²) in [5.41, 5.74) is -4.53. The summed E-state index contributed by atoms with van der Waals surface area (Å²) < 4.78 is 46.5. The van der Waals surface area contributed by atoms with Crippen molar-refractivity contribution in [2.75, 3.05) is 7.11 Å². The number of ether oxygens (including phenoxy) is 1. The van der Waals surface area contributed by atoms with Crippen molar-refractivity contribution in [1.82, 2.24) is 10.2 Å². The Bertz CT molecular complexity index is 611. The first-order valence-corrected chi connectivity index (χ1v) is 7.82. The quantitative estimate of drug-likeness (QED) is 0.759. The lowest BCUT2D eigenvalue weighted by atomic mass is 9.88. The fourth-order valence-corrected chi connectivity index (χ4v) is 2.94. The van der Waals surface area contributed by atoms with Gasteiger partial charge in [-0.1, -0.05) is 13.8 Å². The number of halogens is 3. The number of methoxy groups -OCH3 is 1. The Morgan fingerprint density at radius 3 is 2.12 bits per heavy atom. The average Bonchev–Trinajstić information content (AvgIpc) is 2.65. The minimum atomic E-state index is -5.22. The Labute approximate surface area is 144 Å². The van der Waals surface area contributed by atoms with Gasteiger partial charge < -0.3 is 15.0 Å². The van der Waals surface area contributed by atoms with E-state index in [9.17, 15) is 27.6 Å². The van der Waals surface area contributed by atoms with Gasteiger partial charge in [0.25, 0.3) is 5.91 Å². The van der Waals surface area contributed by atoms with Crippen molar-refractivity contribution in [3.8, 4) is 0 Å². The highest BCUT2D eigenvalue weighted by Crippen LogP contribution is 2.45. The first kappa shape index (κ1) is 21.0. The standard InChI is InChI=1S/C16H23F3N2O4/c1-8(2)7-11(22)20-15(16(17,18)19)12(13(23)25-6)10(5)21(9(3)4)14(15)24/h8-9H,7H2,1-6H3,(H,20,22)/t15-/m1/s1. The molecule has 1 aliphatic heterocycles. The Morgan fingerprint density at radius 1 is 1.24 bits per heavy atom. The molecule has 1 N–H and O–H groups in total. The maximum absolute atomic E-state index is 14.0. The van der Waals surface area contributed by atoms with Crippen LogP contribution in [0.15, 0.2) is 11.3 Å². The molecule has 0 fully saturated rings. The van der Waals surface area contributed by atoms with Gasteiger partial charge in [-0.25, -0.2) is 4.79 Å². The summed E-state index contributed by atoms with van der Waals surface area (Å²) >= 11 is 0. The molecular weight excluding hydrogens is 341 g/mol. The van der Waals surface area contributed by atoms with Crippen molar-refractivity contribution >= 4 is 17.8 Å². The van der Waals surface area contributed by atoms with Crippen LogP contribution in [0, 0.1) is 5.92 Å². The summed E-state index contributed by atoms with van der Waals surface area (Å²) in [5.74, 6) is -3.92. The van der Waals surface area contributed by atoms with Crippen LogP contribution in [0.1, 0.15) is 41.0 Å². The van der Waals surface area contributed by atoms with Crippen molar-refractivity contribution < 1.29 is 32.3 Å². The molecule has 0 aliphatic carbocycles. The van der Waals surface area contributed by atoms with Gasteiger partial charge in [-0.15, -0.1) is 0 Å². The van der Waals surface area contributed by atoms with E-state index in [-0.39, 0.29) is 18.0 Å². The first-order valence-electron chi connectivity index (χ1n) is 7.82. The Morgan fingerprint density at radius 2 is 1.76 bits per heavy atom. The topological polar surface area (TPSA) is 75.7 Å². The van der Waals surface area contributed by atoms with Crippen LogP contribution in [-0.2, 0) is 19.1 Å². The third-order valence-electron chi connectivity index (χ3n) is 3.89. The highest BCUT2D eigenvalue weighted by molar-refractivity contribution is 6.10. The summed E-state index contributed by atoms with van der Waals surface area (Å²) in [7, 11) is 0.919. The molecule has 0 saturated carbocycles. The molecule has 6 nitrogen and oxygen atoms in total. The molecule has 0 spiro atoms. The molecule has 0 aromatic rings. The molecule has 0 aromatic heterocycles. The molecule has 0 aromatic carbocycles. The van der Waals surface area contributed by atoms with Crippen molar-refractivity contribution in [3.63, 3.8) is 0 Å². The van der Waals surface area contributed by atoms with Gasteiger partial charge in [0.15, 0.2) is 0 Å². The van der Waals surface area contributed by atoms with Gasteiger partial charge >= 0.3 is 12.1 Å². The number of nitrogens with zero attached hydrogens (tertiary/aromatic N) is 1. The van der Waals surface area contributed by atoms with Crippen molar-refractivity contribution in [2.45, 2.75) is 58.8 Å². The van der Waals surface area contributed by atoms with Gasteiger partial charge in [0.1, 0.15) is 5.57 Å². The third kappa shape index (κ3) is 3.50. The normalized spacial score (nSPS) is 21.4. The van der Waals surface area contributed by atoms with Gasteiger partial charge in [0, 0.05) is 18.2 Å². The van der Waals surface area contributed by atoms with E-state index >= 15 is 0 Å². The number of allylic oxidation sites excluding steroid dienone is 1. The van der Waals surface area contributed by atoms with Gasteiger partial charge in [-0.2, -0.15) is 13.2 Å². The van der Waals surface area contributed by atoms with Gasteiger partial charge in [-0.05, 0) is 26.7 Å². The van der Waals surface area contributed by atoms with Gasteiger partial charge in [0.2, 0.25) is 11.4 Å². The van der Waals surface area contributed by atoms with E-state index < -0.39 is 41.1 Å².